The molecule has 8 heteroatoms. The summed E-state index contributed by atoms with van der Waals surface area (Å²) in [5.74, 6) is 0. The van der Waals surface area contributed by atoms with E-state index in [0.29, 0.717) is 0 Å². The van der Waals surface area contributed by atoms with E-state index in [4.69, 9.17) is 11.6 Å². The van der Waals surface area contributed by atoms with Gasteiger partial charge in [-0.25, -0.2) is 0 Å². The average molecular weight is 397 g/mol. The largest absolute Gasteiger partial charge is 0.417 e. The van der Waals surface area contributed by atoms with Crippen LogP contribution in [0.25, 0.3) is 0 Å². The van der Waals surface area contributed by atoms with Crippen LogP contribution in [0.15, 0.2) is 35.7 Å². The van der Waals surface area contributed by atoms with E-state index in [1.807, 2.05) is 17.5 Å². The second kappa shape index (κ2) is 8.06. The summed E-state index contributed by atoms with van der Waals surface area (Å²) in [7, 11) is 0. The highest BCUT2D eigenvalue weighted by molar-refractivity contribution is 7.10. The minimum absolute atomic E-state index is 0. The predicted octanol–water partition coefficient (Wildman–Crippen LogP) is 4.84. The maximum absolute atomic E-state index is 12.9. The third kappa shape index (κ3) is 4.24. The Morgan fingerprint density at radius 2 is 1.88 bits per heavy atom. The van der Waals surface area contributed by atoms with Gasteiger partial charge in [-0.15, -0.1) is 23.7 Å². The molecule has 0 saturated carbocycles. The molecule has 1 aromatic carbocycles. The van der Waals surface area contributed by atoms with Crippen LogP contribution >= 0.6 is 35.3 Å². The van der Waals surface area contributed by atoms with Crippen LogP contribution in [0, 0.1) is 0 Å². The van der Waals surface area contributed by atoms with Crippen LogP contribution in [-0.4, -0.2) is 31.1 Å². The molecular weight excluding hydrogens is 380 g/mol. The maximum Gasteiger partial charge on any atom is 0.417 e. The lowest BCUT2D eigenvalue weighted by Crippen LogP contribution is -2.45. The first-order valence-corrected chi connectivity index (χ1v) is 8.57. The van der Waals surface area contributed by atoms with E-state index in [9.17, 15) is 13.2 Å². The molecule has 24 heavy (non-hydrogen) atoms. The second-order valence-electron chi connectivity index (χ2n) is 5.44. The highest BCUT2D eigenvalue weighted by Crippen LogP contribution is 2.38. The summed E-state index contributed by atoms with van der Waals surface area (Å²) in [6.07, 6.45) is -4.43. The number of nitrogens with zero attached hydrogens (tertiary/aromatic N) is 1. The van der Waals surface area contributed by atoms with Crippen molar-refractivity contribution in [3.05, 3.63) is 56.7 Å². The molecule has 1 aliphatic rings. The normalized spacial score (nSPS) is 17.3. The molecule has 0 bridgehead atoms. The average Bonchev–Trinajstić information content (AvgIpc) is 3.01. The zero-order valence-electron chi connectivity index (χ0n) is 12.6. The fourth-order valence-electron chi connectivity index (χ4n) is 2.87. The van der Waals surface area contributed by atoms with Gasteiger partial charge in [0, 0.05) is 31.1 Å². The first-order chi connectivity index (χ1) is 11.0. The van der Waals surface area contributed by atoms with Crippen molar-refractivity contribution in [2.24, 2.45) is 0 Å². The smallest absolute Gasteiger partial charge is 0.314 e. The fourth-order valence-corrected chi connectivity index (χ4v) is 4.06. The van der Waals surface area contributed by atoms with Crippen LogP contribution in [0.2, 0.25) is 5.02 Å². The maximum atomic E-state index is 12.9. The molecular formula is C16H17Cl2F3N2S. The molecule has 1 N–H and O–H groups in total. The summed E-state index contributed by atoms with van der Waals surface area (Å²) in [6.45, 7) is 3.44. The summed E-state index contributed by atoms with van der Waals surface area (Å²) in [6, 6.07) is 8.00. The van der Waals surface area contributed by atoms with E-state index in [1.54, 1.807) is 17.4 Å². The van der Waals surface area contributed by atoms with Gasteiger partial charge in [-0.05, 0) is 29.1 Å². The first kappa shape index (κ1) is 19.5. The molecule has 3 rings (SSSR count). The third-order valence-electron chi connectivity index (χ3n) is 3.94. The van der Waals surface area contributed by atoms with Gasteiger partial charge in [-0.1, -0.05) is 23.7 Å². The Bertz CT molecular complexity index is 656. The lowest BCUT2D eigenvalue weighted by molar-refractivity contribution is -0.137. The molecule has 1 atom stereocenters. The summed E-state index contributed by atoms with van der Waals surface area (Å²) in [5.41, 5.74) is 0.0144. The van der Waals surface area contributed by atoms with Gasteiger partial charge in [0.05, 0.1) is 16.6 Å². The van der Waals surface area contributed by atoms with Crippen molar-refractivity contribution in [2.75, 3.05) is 26.2 Å². The van der Waals surface area contributed by atoms with Gasteiger partial charge in [-0.2, -0.15) is 13.2 Å². The lowest BCUT2D eigenvalue weighted by Gasteiger charge is -2.35. The highest BCUT2D eigenvalue weighted by atomic mass is 35.5. The monoisotopic (exact) mass is 396 g/mol. The summed E-state index contributed by atoms with van der Waals surface area (Å²) >= 11 is 7.52. The number of hydrogen-bond acceptors (Lipinski definition) is 3. The number of thiophene rings is 1. The Balaban J connectivity index is 0.00000208. The summed E-state index contributed by atoms with van der Waals surface area (Å²) in [4.78, 5) is 3.39. The van der Waals surface area contributed by atoms with E-state index in [1.165, 1.54) is 6.07 Å². The zero-order chi connectivity index (χ0) is 16.4. The molecule has 2 heterocycles. The summed E-state index contributed by atoms with van der Waals surface area (Å²) < 4.78 is 38.7. The predicted molar refractivity (Wildman–Crippen MR) is 94.3 cm³/mol. The van der Waals surface area contributed by atoms with E-state index in [2.05, 4.69) is 10.2 Å². The molecule has 1 aliphatic heterocycles. The van der Waals surface area contributed by atoms with Gasteiger partial charge < -0.3 is 5.32 Å². The number of hydrogen-bond donors (Lipinski definition) is 1. The number of benzene rings is 1. The van der Waals surface area contributed by atoms with Gasteiger partial charge in [0.25, 0.3) is 0 Å². The van der Waals surface area contributed by atoms with Crippen LogP contribution in [0.5, 0.6) is 0 Å². The van der Waals surface area contributed by atoms with Crippen molar-refractivity contribution >= 4 is 35.3 Å². The molecule has 0 aliphatic carbocycles. The van der Waals surface area contributed by atoms with Crippen molar-refractivity contribution < 1.29 is 13.2 Å². The van der Waals surface area contributed by atoms with Crippen molar-refractivity contribution in [1.29, 1.82) is 0 Å². The van der Waals surface area contributed by atoms with Crippen LogP contribution in [0.3, 0.4) is 0 Å². The number of alkyl halides is 3. The van der Waals surface area contributed by atoms with Crippen LogP contribution in [0.1, 0.15) is 22.0 Å². The number of rotatable bonds is 3. The standard InChI is InChI=1S/C16H16ClF3N2S.ClH/c17-13-10-11(3-4-12(13)16(18,19)20)15(14-2-1-9-23-14)22-7-5-21-6-8-22;/h1-4,9-10,15,21H,5-8H2;1H/t15-;/m0./s1. The van der Waals surface area contributed by atoms with Gasteiger partial charge in [0.2, 0.25) is 0 Å². The van der Waals surface area contributed by atoms with E-state index < -0.39 is 11.7 Å². The van der Waals surface area contributed by atoms with Crippen LogP contribution in [0.4, 0.5) is 13.2 Å². The third-order valence-corrected chi connectivity index (χ3v) is 5.18. The lowest BCUT2D eigenvalue weighted by atomic mass is 10.0. The quantitative estimate of drug-likeness (QED) is 0.798. The molecule has 1 aromatic heterocycles. The molecule has 0 spiro atoms. The van der Waals surface area contributed by atoms with Gasteiger partial charge in [0.15, 0.2) is 0 Å². The van der Waals surface area contributed by atoms with Crippen molar-refractivity contribution in [1.82, 2.24) is 10.2 Å². The Morgan fingerprint density at radius 1 is 1.17 bits per heavy atom. The van der Waals surface area contributed by atoms with Crippen molar-refractivity contribution in [3.8, 4) is 0 Å². The number of halogens is 5. The second-order valence-corrected chi connectivity index (χ2v) is 6.83. The van der Waals surface area contributed by atoms with Crippen LogP contribution < -0.4 is 5.32 Å². The Labute approximate surface area is 154 Å². The number of nitrogens with one attached hydrogen (secondary N) is 1. The molecule has 132 valence electrons. The fraction of sp³-hybridized carbons (Fsp3) is 0.375. The first-order valence-electron chi connectivity index (χ1n) is 7.31. The molecule has 2 aromatic rings. The molecule has 2 nitrogen and oxygen atoms in total. The SMILES string of the molecule is Cl.FC(F)(F)c1ccc([C@@H](c2cccs2)N2CCNCC2)cc1Cl. The van der Waals surface area contributed by atoms with Gasteiger partial charge >= 0.3 is 6.18 Å². The molecule has 0 radical (unpaired) electrons. The zero-order valence-corrected chi connectivity index (χ0v) is 15.0. The van der Waals surface area contributed by atoms with Gasteiger partial charge in [0.1, 0.15) is 0 Å². The molecule has 0 unspecified atom stereocenters. The Hall–Kier alpha value is -0.790. The minimum Gasteiger partial charge on any atom is -0.314 e. The topological polar surface area (TPSA) is 15.3 Å². The van der Waals surface area contributed by atoms with Crippen molar-refractivity contribution in [3.63, 3.8) is 0 Å². The van der Waals surface area contributed by atoms with Crippen molar-refractivity contribution in [2.45, 2.75) is 12.2 Å². The molecule has 1 saturated heterocycles. The van der Waals surface area contributed by atoms with E-state index >= 15 is 0 Å². The number of piperazine rings is 1. The molecule has 0 amide bonds. The minimum atomic E-state index is -4.43. The van der Waals surface area contributed by atoms with E-state index in [0.717, 1.165) is 42.7 Å². The Morgan fingerprint density at radius 3 is 2.42 bits per heavy atom. The van der Waals surface area contributed by atoms with E-state index in [-0.39, 0.29) is 23.5 Å². The van der Waals surface area contributed by atoms with Crippen LogP contribution in [-0.2, 0) is 6.18 Å². The Kier molecular flexibility index (Phi) is 6.56. The summed E-state index contributed by atoms with van der Waals surface area (Å²) in [5, 5.41) is 5.03. The van der Waals surface area contributed by atoms with Gasteiger partial charge in [-0.3, -0.25) is 4.90 Å². The molecule has 1 fully saturated rings. The highest BCUT2D eigenvalue weighted by Gasteiger charge is 2.34.